The summed E-state index contributed by atoms with van der Waals surface area (Å²) in [6.45, 7) is 4.69. The first kappa shape index (κ1) is 13.8. The third-order valence-corrected chi connectivity index (χ3v) is 5.55. The molecular weight excluding hydrogens is 266 g/mol. The van der Waals surface area contributed by atoms with Gasteiger partial charge in [0.25, 0.3) is 0 Å². The monoisotopic (exact) mass is 287 g/mol. The van der Waals surface area contributed by atoms with Crippen LogP contribution in [0, 0.1) is 19.3 Å². The predicted molar refractivity (Wildman–Crippen MR) is 84.1 cm³/mol. The highest BCUT2D eigenvalue weighted by Crippen LogP contribution is 2.46. The number of fused-ring (bicyclic) bond motifs is 1. The third kappa shape index (κ3) is 2.10. The molecule has 0 amide bonds. The molecule has 20 heavy (non-hydrogen) atoms. The van der Waals surface area contributed by atoms with Crippen LogP contribution in [0.3, 0.4) is 0 Å². The van der Waals surface area contributed by atoms with Gasteiger partial charge in [-0.25, -0.2) is 0 Å². The van der Waals surface area contributed by atoms with Crippen molar-refractivity contribution < 1.29 is 5.11 Å². The van der Waals surface area contributed by atoms with Crippen LogP contribution >= 0.6 is 11.3 Å². The van der Waals surface area contributed by atoms with Gasteiger partial charge in [0.2, 0.25) is 0 Å². The topological polar surface area (TPSA) is 46.2 Å². The van der Waals surface area contributed by atoms with E-state index >= 15 is 0 Å². The lowest BCUT2D eigenvalue weighted by Gasteiger charge is -2.33. The standard InChI is InChI=1S/C17H21NOS/c1-11-7-15(12(2)20-11)16(19)17(10-18)8-13-5-3-4-6-14(13)9-17/h3-7,16,19H,8-10,18H2,1-2H3. The molecular formula is C17H21NOS. The minimum absolute atomic E-state index is 0.248. The second-order valence-electron chi connectivity index (χ2n) is 5.96. The zero-order chi connectivity index (χ0) is 14.3. The number of aryl methyl sites for hydroxylation is 2. The molecule has 1 aliphatic rings. The lowest BCUT2D eigenvalue weighted by molar-refractivity contribution is 0.0357. The first-order valence-corrected chi connectivity index (χ1v) is 7.89. The number of hydrogen-bond donors (Lipinski definition) is 2. The van der Waals surface area contributed by atoms with Crippen LogP contribution in [-0.2, 0) is 12.8 Å². The molecule has 0 radical (unpaired) electrons. The highest BCUT2D eigenvalue weighted by atomic mass is 32.1. The minimum atomic E-state index is -0.482. The van der Waals surface area contributed by atoms with E-state index in [1.54, 1.807) is 11.3 Å². The number of rotatable bonds is 3. The summed E-state index contributed by atoms with van der Waals surface area (Å²) in [6.07, 6.45) is 1.26. The fourth-order valence-corrected chi connectivity index (χ4v) is 4.38. The van der Waals surface area contributed by atoms with E-state index in [1.807, 2.05) is 0 Å². The molecule has 0 aliphatic heterocycles. The van der Waals surface area contributed by atoms with Crippen LogP contribution < -0.4 is 5.73 Å². The van der Waals surface area contributed by atoms with Crippen molar-refractivity contribution in [2.75, 3.05) is 6.54 Å². The minimum Gasteiger partial charge on any atom is -0.388 e. The Kier molecular flexibility index (Phi) is 3.44. The maximum atomic E-state index is 11.0. The zero-order valence-corrected chi connectivity index (χ0v) is 12.8. The van der Waals surface area contributed by atoms with Gasteiger partial charge in [-0.1, -0.05) is 24.3 Å². The Morgan fingerprint density at radius 3 is 2.30 bits per heavy atom. The van der Waals surface area contributed by atoms with E-state index in [-0.39, 0.29) is 5.41 Å². The molecule has 106 valence electrons. The third-order valence-electron chi connectivity index (χ3n) is 4.56. The molecule has 3 heteroatoms. The van der Waals surface area contributed by atoms with Gasteiger partial charge >= 0.3 is 0 Å². The van der Waals surface area contributed by atoms with Gasteiger partial charge in [0.15, 0.2) is 0 Å². The maximum Gasteiger partial charge on any atom is 0.0875 e. The SMILES string of the molecule is Cc1cc(C(O)C2(CN)Cc3ccccc3C2)c(C)s1. The van der Waals surface area contributed by atoms with Gasteiger partial charge in [0, 0.05) is 21.7 Å². The van der Waals surface area contributed by atoms with Crippen molar-refractivity contribution in [2.24, 2.45) is 11.1 Å². The number of hydrogen-bond acceptors (Lipinski definition) is 3. The lowest BCUT2D eigenvalue weighted by atomic mass is 9.76. The summed E-state index contributed by atoms with van der Waals surface area (Å²) in [6, 6.07) is 10.6. The summed E-state index contributed by atoms with van der Waals surface area (Å²) in [5, 5.41) is 11.0. The van der Waals surface area contributed by atoms with Gasteiger partial charge < -0.3 is 10.8 Å². The van der Waals surface area contributed by atoms with Crippen LogP contribution in [0.15, 0.2) is 30.3 Å². The molecule has 2 nitrogen and oxygen atoms in total. The Bertz CT molecular complexity index is 607. The second kappa shape index (κ2) is 4.99. The van der Waals surface area contributed by atoms with E-state index in [4.69, 9.17) is 5.73 Å². The van der Waals surface area contributed by atoms with E-state index < -0.39 is 6.10 Å². The maximum absolute atomic E-state index is 11.0. The molecule has 3 N–H and O–H groups in total. The largest absolute Gasteiger partial charge is 0.388 e. The molecule has 1 heterocycles. The molecule has 0 saturated carbocycles. The number of benzene rings is 1. The lowest BCUT2D eigenvalue weighted by Crippen LogP contribution is -2.37. The van der Waals surface area contributed by atoms with Crippen LogP contribution in [-0.4, -0.2) is 11.7 Å². The Labute approximate surface area is 124 Å². The molecule has 0 fully saturated rings. The molecule has 2 aromatic rings. The summed E-state index contributed by atoms with van der Waals surface area (Å²) < 4.78 is 0. The first-order valence-electron chi connectivity index (χ1n) is 7.07. The predicted octanol–water partition coefficient (Wildman–Crippen LogP) is 3.14. The van der Waals surface area contributed by atoms with E-state index in [0.717, 1.165) is 18.4 Å². The van der Waals surface area contributed by atoms with Crippen LogP contribution in [0.5, 0.6) is 0 Å². The molecule has 0 bridgehead atoms. The molecule has 0 saturated heterocycles. The van der Waals surface area contributed by atoms with Gasteiger partial charge in [0.1, 0.15) is 0 Å². The van der Waals surface area contributed by atoms with E-state index in [9.17, 15) is 5.11 Å². The van der Waals surface area contributed by atoms with E-state index in [0.29, 0.717) is 6.54 Å². The number of aliphatic hydroxyl groups is 1. The Morgan fingerprint density at radius 2 is 1.85 bits per heavy atom. The summed E-state index contributed by atoms with van der Waals surface area (Å²) in [5.74, 6) is 0. The molecule has 1 aromatic carbocycles. The van der Waals surface area contributed by atoms with Crippen LogP contribution in [0.1, 0.15) is 32.5 Å². The Hall–Kier alpha value is -1.16. The van der Waals surface area contributed by atoms with Crippen molar-refractivity contribution in [2.45, 2.75) is 32.8 Å². The number of aliphatic hydroxyl groups excluding tert-OH is 1. The Balaban J connectivity index is 1.97. The van der Waals surface area contributed by atoms with Gasteiger partial charge in [-0.05, 0) is 49.4 Å². The van der Waals surface area contributed by atoms with Crippen molar-refractivity contribution >= 4 is 11.3 Å². The first-order chi connectivity index (χ1) is 9.55. The quantitative estimate of drug-likeness (QED) is 0.911. The number of thiophene rings is 1. The van der Waals surface area contributed by atoms with E-state index in [1.165, 1.54) is 20.9 Å². The molecule has 1 aromatic heterocycles. The smallest absolute Gasteiger partial charge is 0.0875 e. The van der Waals surface area contributed by atoms with Crippen molar-refractivity contribution in [3.8, 4) is 0 Å². The zero-order valence-electron chi connectivity index (χ0n) is 12.0. The van der Waals surface area contributed by atoms with Gasteiger partial charge in [0.05, 0.1) is 6.10 Å². The summed E-state index contributed by atoms with van der Waals surface area (Å²) in [4.78, 5) is 2.46. The summed E-state index contributed by atoms with van der Waals surface area (Å²) >= 11 is 1.75. The van der Waals surface area contributed by atoms with Crippen LogP contribution in [0.2, 0.25) is 0 Å². The summed E-state index contributed by atoms with van der Waals surface area (Å²) in [7, 11) is 0. The normalized spacial score (nSPS) is 18.0. The van der Waals surface area contributed by atoms with Gasteiger partial charge in [-0.15, -0.1) is 11.3 Å². The van der Waals surface area contributed by atoms with Crippen molar-refractivity contribution in [1.29, 1.82) is 0 Å². The fraction of sp³-hybridized carbons (Fsp3) is 0.412. The average molecular weight is 287 g/mol. The summed E-state index contributed by atoms with van der Waals surface area (Å²) in [5.41, 5.74) is 9.57. The molecule has 3 rings (SSSR count). The van der Waals surface area contributed by atoms with Crippen LogP contribution in [0.4, 0.5) is 0 Å². The van der Waals surface area contributed by atoms with Crippen molar-refractivity contribution in [1.82, 2.24) is 0 Å². The molecule has 1 unspecified atom stereocenters. The second-order valence-corrected chi connectivity index (χ2v) is 7.42. The van der Waals surface area contributed by atoms with E-state index in [2.05, 4.69) is 44.2 Å². The van der Waals surface area contributed by atoms with Crippen LogP contribution in [0.25, 0.3) is 0 Å². The number of nitrogens with two attached hydrogens (primary N) is 1. The average Bonchev–Trinajstić information content (AvgIpc) is 2.98. The highest BCUT2D eigenvalue weighted by Gasteiger charge is 2.43. The van der Waals surface area contributed by atoms with Crippen molar-refractivity contribution in [3.63, 3.8) is 0 Å². The molecule has 1 aliphatic carbocycles. The molecule has 0 spiro atoms. The fourth-order valence-electron chi connectivity index (χ4n) is 3.42. The molecule has 1 atom stereocenters. The van der Waals surface area contributed by atoms with Gasteiger partial charge in [-0.3, -0.25) is 0 Å². The van der Waals surface area contributed by atoms with Crippen molar-refractivity contribution in [3.05, 3.63) is 56.8 Å². The van der Waals surface area contributed by atoms with Gasteiger partial charge in [-0.2, -0.15) is 0 Å². The Morgan fingerprint density at radius 1 is 1.25 bits per heavy atom. The highest BCUT2D eigenvalue weighted by molar-refractivity contribution is 7.12.